The Bertz CT molecular complexity index is 1700. The summed E-state index contributed by atoms with van der Waals surface area (Å²) in [6.45, 7) is 4.73. The van der Waals surface area contributed by atoms with Gasteiger partial charge >= 0.3 is 0 Å². The number of aryl methyl sites for hydroxylation is 2. The minimum Gasteiger partial charge on any atom is -0.366 e. The quantitative estimate of drug-likeness (QED) is 0.343. The topological polar surface area (TPSA) is 94.4 Å². The van der Waals surface area contributed by atoms with Crippen molar-refractivity contribution in [3.63, 3.8) is 0 Å². The van der Waals surface area contributed by atoms with Gasteiger partial charge in [0.2, 0.25) is 5.91 Å². The van der Waals surface area contributed by atoms with Crippen LogP contribution in [0.15, 0.2) is 65.2 Å². The Morgan fingerprint density at radius 1 is 1.08 bits per heavy atom. The number of likely N-dealkylation sites (tertiary alicyclic amines) is 1. The van der Waals surface area contributed by atoms with Crippen LogP contribution in [0.3, 0.4) is 0 Å². The maximum atomic E-state index is 13.8. The lowest BCUT2D eigenvalue weighted by atomic mass is 9.97. The van der Waals surface area contributed by atoms with Crippen molar-refractivity contribution in [2.75, 3.05) is 13.1 Å². The maximum Gasteiger partial charge on any atom is 0.253 e. The van der Waals surface area contributed by atoms with Gasteiger partial charge in [-0.2, -0.15) is 0 Å². The Kier molecular flexibility index (Phi) is 5.75. The van der Waals surface area contributed by atoms with Gasteiger partial charge in [-0.3, -0.25) is 9.59 Å². The van der Waals surface area contributed by atoms with Crippen molar-refractivity contribution < 1.29 is 18.5 Å². The summed E-state index contributed by atoms with van der Waals surface area (Å²) in [5.41, 5.74) is 11.8. The van der Waals surface area contributed by atoms with E-state index in [9.17, 15) is 14.0 Å². The molecule has 0 unspecified atom stereocenters. The number of carbonyl (C=O) groups excluding carboxylic acids is 2. The van der Waals surface area contributed by atoms with Crippen LogP contribution in [-0.2, 0) is 6.54 Å². The number of carbonyl (C=O) groups is 2. The standard InChI is InChI=1S/C30H27FN4O3/c1-17-27(18(2)38-33-17)21-13-24(29(32)36)28-23-12-20(30(37)34-11-10-22(31)16-34)8-9-25(23)35(26(28)14-21)15-19-6-4-3-5-7-19/h3-9,12-14,22H,10-11,15-16H2,1-2H3,(H2,32,36)/t22-/m1/s1. The Morgan fingerprint density at radius 2 is 1.87 bits per heavy atom. The fourth-order valence-corrected chi connectivity index (χ4v) is 5.61. The fourth-order valence-electron chi connectivity index (χ4n) is 5.61. The summed E-state index contributed by atoms with van der Waals surface area (Å²) in [7, 11) is 0. The van der Waals surface area contributed by atoms with Crippen LogP contribution in [0.2, 0.25) is 0 Å². The lowest BCUT2D eigenvalue weighted by molar-refractivity contribution is 0.0782. The zero-order valence-electron chi connectivity index (χ0n) is 21.2. The number of hydrogen-bond acceptors (Lipinski definition) is 4. The van der Waals surface area contributed by atoms with Gasteiger partial charge in [0.25, 0.3) is 5.91 Å². The van der Waals surface area contributed by atoms with Crippen molar-refractivity contribution in [3.05, 3.63) is 88.8 Å². The molecule has 3 aromatic carbocycles. The molecule has 1 atom stereocenters. The van der Waals surface area contributed by atoms with Gasteiger partial charge in [-0.05, 0) is 61.7 Å². The number of halogens is 1. The molecule has 8 heteroatoms. The molecule has 2 amide bonds. The average molecular weight is 511 g/mol. The van der Waals surface area contributed by atoms with Crippen LogP contribution in [-0.4, -0.2) is 45.7 Å². The molecule has 0 bridgehead atoms. The highest BCUT2D eigenvalue weighted by atomic mass is 19.1. The van der Waals surface area contributed by atoms with Gasteiger partial charge in [-0.1, -0.05) is 35.5 Å². The van der Waals surface area contributed by atoms with Crippen LogP contribution in [0.25, 0.3) is 32.9 Å². The number of primary amides is 1. The van der Waals surface area contributed by atoms with Crippen molar-refractivity contribution in [1.82, 2.24) is 14.6 Å². The molecule has 2 aromatic heterocycles. The first-order valence-electron chi connectivity index (χ1n) is 12.6. The predicted octanol–water partition coefficient (Wildman–Crippen LogP) is 5.40. The molecular weight excluding hydrogens is 483 g/mol. The van der Waals surface area contributed by atoms with Crippen molar-refractivity contribution in [1.29, 1.82) is 0 Å². The molecule has 1 aliphatic heterocycles. The van der Waals surface area contributed by atoms with E-state index in [1.807, 2.05) is 56.3 Å². The first kappa shape index (κ1) is 23.9. The molecule has 1 saturated heterocycles. The molecule has 0 radical (unpaired) electrons. The van der Waals surface area contributed by atoms with Gasteiger partial charge in [0.05, 0.1) is 17.8 Å². The Balaban J connectivity index is 1.63. The smallest absolute Gasteiger partial charge is 0.253 e. The van der Waals surface area contributed by atoms with Crippen LogP contribution in [0.5, 0.6) is 0 Å². The van der Waals surface area contributed by atoms with E-state index in [-0.39, 0.29) is 12.5 Å². The molecule has 1 aliphatic rings. The molecule has 1 fully saturated rings. The lowest BCUT2D eigenvalue weighted by Crippen LogP contribution is -2.28. The van der Waals surface area contributed by atoms with E-state index in [1.165, 1.54) is 0 Å². The molecule has 7 nitrogen and oxygen atoms in total. The van der Waals surface area contributed by atoms with Gasteiger partial charge in [0, 0.05) is 46.1 Å². The van der Waals surface area contributed by atoms with Gasteiger partial charge < -0.3 is 19.7 Å². The van der Waals surface area contributed by atoms with E-state index in [0.717, 1.165) is 33.1 Å². The van der Waals surface area contributed by atoms with Gasteiger partial charge in [0.15, 0.2) is 0 Å². The normalized spacial score (nSPS) is 15.6. The zero-order valence-corrected chi connectivity index (χ0v) is 21.2. The van der Waals surface area contributed by atoms with Crippen molar-refractivity contribution >= 4 is 33.6 Å². The summed E-state index contributed by atoms with van der Waals surface area (Å²) in [5.74, 6) is -0.143. The Morgan fingerprint density at radius 3 is 2.53 bits per heavy atom. The second kappa shape index (κ2) is 9.13. The minimum atomic E-state index is -1.00. The van der Waals surface area contributed by atoms with Gasteiger partial charge in [-0.15, -0.1) is 0 Å². The highest BCUT2D eigenvalue weighted by Gasteiger charge is 2.28. The highest BCUT2D eigenvalue weighted by Crippen LogP contribution is 2.38. The van der Waals surface area contributed by atoms with Gasteiger partial charge in [0.1, 0.15) is 11.9 Å². The molecule has 0 spiro atoms. The van der Waals surface area contributed by atoms with E-state index in [1.54, 1.807) is 23.1 Å². The number of fused-ring (bicyclic) bond motifs is 3. The van der Waals surface area contributed by atoms with Crippen LogP contribution in [0, 0.1) is 13.8 Å². The SMILES string of the molecule is Cc1noc(C)c1-c1cc(C(N)=O)c2c3cc(C(=O)N4CC[C@@H](F)C4)ccc3n(Cc3ccccc3)c2c1. The summed E-state index contributed by atoms with van der Waals surface area (Å²) in [6, 6.07) is 19.3. The zero-order chi connectivity index (χ0) is 26.6. The van der Waals surface area contributed by atoms with Crippen LogP contribution in [0.4, 0.5) is 4.39 Å². The number of nitrogens with two attached hydrogens (primary N) is 1. The van der Waals surface area contributed by atoms with Crippen LogP contribution >= 0.6 is 0 Å². The molecule has 0 saturated carbocycles. The van der Waals surface area contributed by atoms with E-state index >= 15 is 0 Å². The van der Waals surface area contributed by atoms with E-state index in [0.29, 0.717) is 47.5 Å². The summed E-state index contributed by atoms with van der Waals surface area (Å²) in [6.07, 6.45) is -0.652. The molecule has 2 N–H and O–H groups in total. The minimum absolute atomic E-state index is 0.0972. The monoisotopic (exact) mass is 510 g/mol. The summed E-state index contributed by atoms with van der Waals surface area (Å²) in [4.78, 5) is 27.6. The molecule has 0 aliphatic carbocycles. The molecular formula is C30H27FN4O3. The number of benzene rings is 3. The fraction of sp³-hybridized carbons (Fsp3) is 0.233. The van der Waals surface area contributed by atoms with E-state index in [4.69, 9.17) is 10.3 Å². The number of alkyl halides is 1. The molecule has 5 aromatic rings. The van der Waals surface area contributed by atoms with Crippen molar-refractivity contribution in [2.45, 2.75) is 33.0 Å². The first-order chi connectivity index (χ1) is 18.3. The Labute approximate surface area is 218 Å². The third kappa shape index (κ3) is 3.93. The molecule has 3 heterocycles. The predicted molar refractivity (Wildman–Crippen MR) is 144 cm³/mol. The summed E-state index contributed by atoms with van der Waals surface area (Å²) >= 11 is 0. The van der Waals surface area contributed by atoms with Crippen LogP contribution in [0.1, 0.15) is 44.2 Å². The molecule has 192 valence electrons. The van der Waals surface area contributed by atoms with E-state index < -0.39 is 12.1 Å². The lowest BCUT2D eigenvalue weighted by Gasteiger charge is -2.15. The first-order valence-corrected chi connectivity index (χ1v) is 12.6. The van der Waals surface area contributed by atoms with Crippen LogP contribution < -0.4 is 5.73 Å². The number of hydrogen-bond donors (Lipinski definition) is 1. The number of aromatic nitrogens is 2. The second-order valence-corrected chi connectivity index (χ2v) is 9.92. The summed E-state index contributed by atoms with van der Waals surface area (Å²) < 4.78 is 21.4. The second-order valence-electron chi connectivity index (χ2n) is 9.92. The maximum absolute atomic E-state index is 13.8. The molecule has 38 heavy (non-hydrogen) atoms. The Hall–Kier alpha value is -4.46. The number of nitrogens with zero attached hydrogens (tertiary/aromatic N) is 3. The third-order valence-electron chi connectivity index (χ3n) is 7.40. The highest BCUT2D eigenvalue weighted by molar-refractivity contribution is 6.20. The van der Waals surface area contributed by atoms with E-state index in [2.05, 4.69) is 9.72 Å². The largest absolute Gasteiger partial charge is 0.366 e. The molecule has 6 rings (SSSR count). The van der Waals surface area contributed by atoms with Crippen molar-refractivity contribution in [3.8, 4) is 11.1 Å². The number of amides is 2. The van der Waals surface area contributed by atoms with Crippen molar-refractivity contribution in [2.24, 2.45) is 5.73 Å². The van der Waals surface area contributed by atoms with Gasteiger partial charge in [-0.25, -0.2) is 4.39 Å². The third-order valence-corrected chi connectivity index (χ3v) is 7.40. The summed E-state index contributed by atoms with van der Waals surface area (Å²) in [5, 5.41) is 5.51. The average Bonchev–Trinajstić information content (AvgIpc) is 3.59. The number of rotatable bonds is 5.